The van der Waals surface area contributed by atoms with E-state index in [4.69, 9.17) is 9.84 Å². The van der Waals surface area contributed by atoms with Gasteiger partial charge in [-0.1, -0.05) is 0 Å². The maximum absolute atomic E-state index is 11.9. The predicted molar refractivity (Wildman–Crippen MR) is 73.0 cm³/mol. The Morgan fingerprint density at radius 3 is 2.25 bits per heavy atom. The van der Waals surface area contributed by atoms with Crippen LogP contribution >= 0.6 is 0 Å². The summed E-state index contributed by atoms with van der Waals surface area (Å²) in [6, 6.07) is 4.71. The first-order valence-electron chi connectivity index (χ1n) is 5.96. The van der Waals surface area contributed by atoms with E-state index in [1.807, 2.05) is 0 Å². The summed E-state index contributed by atoms with van der Waals surface area (Å²) in [7, 11) is 3.03. The van der Waals surface area contributed by atoms with Crippen molar-refractivity contribution in [2.75, 3.05) is 19.1 Å². The van der Waals surface area contributed by atoms with Crippen LogP contribution in [0.5, 0.6) is 5.75 Å². The van der Waals surface area contributed by atoms with Gasteiger partial charge in [0.05, 0.1) is 13.2 Å². The fourth-order valence-corrected chi connectivity index (χ4v) is 1.54. The van der Waals surface area contributed by atoms with Gasteiger partial charge >= 0.3 is 12.0 Å². The van der Waals surface area contributed by atoms with Gasteiger partial charge < -0.3 is 20.3 Å². The summed E-state index contributed by atoms with van der Waals surface area (Å²) in [5.74, 6) is -0.647. The highest BCUT2D eigenvalue weighted by Crippen LogP contribution is 2.18. The number of carbonyl (C=O) groups is 2. The predicted octanol–water partition coefficient (Wildman–Crippen LogP) is 0.675. The van der Waals surface area contributed by atoms with Crippen LogP contribution in [0.15, 0.2) is 24.3 Å². The minimum atomic E-state index is -1.36. The Hall–Kier alpha value is -2.28. The smallest absolute Gasteiger partial charge is 0.328 e. The average molecular weight is 282 g/mol. The summed E-state index contributed by atoms with van der Waals surface area (Å²) in [6.07, 6.45) is -1.19. The Bertz CT molecular complexity index is 472. The molecule has 0 aliphatic heterocycles. The first-order chi connectivity index (χ1) is 9.36. The second-order valence-electron chi connectivity index (χ2n) is 4.26. The molecule has 0 saturated heterocycles. The summed E-state index contributed by atoms with van der Waals surface area (Å²) < 4.78 is 5.01. The minimum absolute atomic E-state index is 0.568. The van der Waals surface area contributed by atoms with Gasteiger partial charge in [0.2, 0.25) is 0 Å². The van der Waals surface area contributed by atoms with Gasteiger partial charge in [-0.3, -0.25) is 4.90 Å². The summed E-state index contributed by atoms with van der Waals surface area (Å²) in [6.45, 7) is 1.30. The number of nitrogens with zero attached hydrogens (tertiary/aromatic N) is 1. The maximum atomic E-state index is 11.9. The number of nitrogens with one attached hydrogen (secondary N) is 1. The van der Waals surface area contributed by atoms with E-state index < -0.39 is 24.1 Å². The molecule has 3 N–H and O–H groups in total. The Labute approximate surface area is 116 Å². The van der Waals surface area contributed by atoms with Gasteiger partial charge in [-0.25, -0.2) is 9.59 Å². The Kier molecular flexibility index (Phi) is 5.33. The lowest BCUT2D eigenvalue weighted by atomic mass is 10.2. The van der Waals surface area contributed by atoms with Crippen LogP contribution in [-0.2, 0) is 4.79 Å². The molecule has 0 fully saturated rings. The van der Waals surface area contributed by atoms with Crippen molar-refractivity contribution in [1.82, 2.24) is 5.32 Å². The number of carbonyl (C=O) groups excluding carboxylic acids is 1. The molecule has 0 heterocycles. The topological polar surface area (TPSA) is 99.1 Å². The number of hydrogen-bond acceptors (Lipinski definition) is 4. The highest BCUT2D eigenvalue weighted by Gasteiger charge is 2.26. The molecule has 0 spiro atoms. The molecular weight excluding hydrogens is 264 g/mol. The van der Waals surface area contributed by atoms with E-state index >= 15 is 0 Å². The van der Waals surface area contributed by atoms with Gasteiger partial charge in [-0.2, -0.15) is 0 Å². The molecule has 1 aromatic carbocycles. The van der Waals surface area contributed by atoms with Crippen LogP contribution in [0, 0.1) is 0 Å². The lowest BCUT2D eigenvalue weighted by Crippen LogP contribution is -2.51. The van der Waals surface area contributed by atoms with Crippen LogP contribution in [0.2, 0.25) is 0 Å². The fraction of sp³-hybridized carbons (Fsp3) is 0.385. The maximum Gasteiger partial charge on any atom is 0.328 e. The molecule has 2 amide bonds. The van der Waals surface area contributed by atoms with Crippen LogP contribution in [0.4, 0.5) is 10.5 Å². The summed E-state index contributed by atoms with van der Waals surface area (Å²) >= 11 is 0. The van der Waals surface area contributed by atoms with Crippen molar-refractivity contribution < 1.29 is 24.5 Å². The molecule has 0 saturated carbocycles. The Balaban J connectivity index is 2.77. The van der Waals surface area contributed by atoms with E-state index in [-0.39, 0.29) is 0 Å². The lowest BCUT2D eigenvalue weighted by Gasteiger charge is -2.23. The number of amides is 2. The number of hydrogen-bond donors (Lipinski definition) is 3. The Morgan fingerprint density at radius 1 is 1.30 bits per heavy atom. The molecule has 110 valence electrons. The van der Waals surface area contributed by atoms with Gasteiger partial charge in [0, 0.05) is 12.7 Å². The number of ether oxygens (including phenoxy) is 1. The van der Waals surface area contributed by atoms with Crippen molar-refractivity contribution in [3.05, 3.63) is 24.3 Å². The molecule has 0 unspecified atom stereocenters. The van der Waals surface area contributed by atoms with Gasteiger partial charge in [0.15, 0.2) is 6.04 Å². The van der Waals surface area contributed by atoms with Crippen LogP contribution in [0.25, 0.3) is 0 Å². The monoisotopic (exact) mass is 282 g/mol. The van der Waals surface area contributed by atoms with Crippen molar-refractivity contribution in [3.8, 4) is 5.75 Å². The van der Waals surface area contributed by atoms with E-state index in [1.54, 1.807) is 24.3 Å². The van der Waals surface area contributed by atoms with Crippen LogP contribution in [-0.4, -0.2) is 48.5 Å². The van der Waals surface area contributed by atoms with E-state index in [0.717, 1.165) is 0 Å². The first kappa shape index (κ1) is 15.8. The zero-order valence-electron chi connectivity index (χ0n) is 11.5. The lowest BCUT2D eigenvalue weighted by molar-refractivity contribution is -0.141. The number of anilines is 1. The molecule has 2 atom stereocenters. The van der Waals surface area contributed by atoms with Crippen LogP contribution < -0.4 is 15.0 Å². The Morgan fingerprint density at radius 2 is 1.85 bits per heavy atom. The van der Waals surface area contributed by atoms with Crippen molar-refractivity contribution in [2.45, 2.75) is 19.1 Å². The summed E-state index contributed by atoms with van der Waals surface area (Å²) in [5.41, 5.74) is 0.568. The second-order valence-corrected chi connectivity index (χ2v) is 4.26. The highest BCUT2D eigenvalue weighted by molar-refractivity contribution is 5.94. The number of methoxy groups -OCH3 is 1. The summed E-state index contributed by atoms with van der Waals surface area (Å²) in [4.78, 5) is 24.1. The molecule has 0 aliphatic rings. The first-order valence-corrected chi connectivity index (χ1v) is 5.96. The molecule has 1 rings (SSSR count). The molecule has 0 aromatic heterocycles. The molecule has 1 aromatic rings. The van der Waals surface area contributed by atoms with Crippen LogP contribution in [0.3, 0.4) is 0 Å². The SMILES string of the molecule is COc1ccc(N(C)C(=O)N[C@H](C(=O)O)[C@@H](C)O)cc1. The third kappa shape index (κ3) is 3.86. The van der Waals surface area contributed by atoms with Gasteiger partial charge in [-0.05, 0) is 31.2 Å². The summed E-state index contributed by atoms with van der Waals surface area (Å²) in [5, 5.41) is 20.5. The molecule has 0 radical (unpaired) electrons. The van der Waals surface area contributed by atoms with Crippen molar-refractivity contribution in [1.29, 1.82) is 0 Å². The number of rotatable bonds is 5. The number of carboxylic acid groups (broad SMARTS) is 1. The second kappa shape index (κ2) is 6.76. The van der Waals surface area contributed by atoms with Crippen molar-refractivity contribution in [3.63, 3.8) is 0 Å². The van der Waals surface area contributed by atoms with Crippen molar-refractivity contribution >= 4 is 17.7 Å². The third-order valence-corrected chi connectivity index (χ3v) is 2.79. The zero-order chi connectivity index (χ0) is 15.3. The van der Waals surface area contributed by atoms with Crippen molar-refractivity contribution in [2.24, 2.45) is 0 Å². The number of carboxylic acids is 1. The van der Waals surface area contributed by atoms with Gasteiger partial charge in [-0.15, -0.1) is 0 Å². The zero-order valence-corrected chi connectivity index (χ0v) is 11.5. The average Bonchev–Trinajstić information content (AvgIpc) is 2.43. The van der Waals surface area contributed by atoms with E-state index in [1.165, 1.54) is 26.0 Å². The molecule has 0 bridgehead atoms. The highest BCUT2D eigenvalue weighted by atomic mass is 16.5. The normalized spacial score (nSPS) is 13.2. The van der Waals surface area contributed by atoms with Crippen LogP contribution in [0.1, 0.15) is 6.92 Å². The molecule has 0 aliphatic carbocycles. The molecule has 20 heavy (non-hydrogen) atoms. The van der Waals surface area contributed by atoms with Gasteiger partial charge in [0.25, 0.3) is 0 Å². The molecular formula is C13H18N2O5. The van der Waals surface area contributed by atoms with E-state index in [0.29, 0.717) is 11.4 Å². The minimum Gasteiger partial charge on any atom is -0.497 e. The van der Waals surface area contributed by atoms with Gasteiger partial charge in [0.1, 0.15) is 5.75 Å². The number of urea groups is 1. The van der Waals surface area contributed by atoms with E-state index in [2.05, 4.69) is 5.32 Å². The largest absolute Gasteiger partial charge is 0.497 e. The fourth-order valence-electron chi connectivity index (χ4n) is 1.54. The van der Waals surface area contributed by atoms with E-state index in [9.17, 15) is 14.7 Å². The number of aliphatic hydroxyl groups excluding tert-OH is 1. The third-order valence-electron chi connectivity index (χ3n) is 2.79. The molecule has 7 nitrogen and oxygen atoms in total. The number of benzene rings is 1. The number of aliphatic carboxylic acids is 1. The molecule has 7 heteroatoms. The number of aliphatic hydroxyl groups is 1. The standard InChI is InChI=1S/C13H18N2O5/c1-8(16)11(12(17)18)14-13(19)15(2)9-4-6-10(20-3)7-5-9/h4-8,11,16H,1-3H3,(H,14,19)(H,17,18)/t8-,11+/m1/s1. The quantitative estimate of drug-likeness (QED) is 0.737.